The van der Waals surface area contributed by atoms with Gasteiger partial charge in [-0.25, -0.2) is 9.07 Å². The van der Waals surface area contributed by atoms with E-state index in [0.717, 1.165) is 16.8 Å². The molecule has 2 heterocycles. The Morgan fingerprint density at radius 3 is 2.73 bits per heavy atom. The molecule has 0 unspecified atom stereocenters. The highest BCUT2D eigenvalue weighted by Crippen LogP contribution is 2.36. The summed E-state index contributed by atoms with van der Waals surface area (Å²) in [5.41, 5.74) is 3.24. The summed E-state index contributed by atoms with van der Waals surface area (Å²) in [5, 5.41) is 7.34. The number of carbonyl (C=O) groups is 2. The van der Waals surface area contributed by atoms with Crippen LogP contribution in [0.25, 0.3) is 5.69 Å². The van der Waals surface area contributed by atoms with Crippen LogP contribution in [0.4, 0.5) is 4.39 Å². The summed E-state index contributed by atoms with van der Waals surface area (Å²) in [7, 11) is 1.77. The van der Waals surface area contributed by atoms with Gasteiger partial charge < -0.3 is 10.2 Å². The number of hydrogen-bond donors (Lipinski definition) is 1. The number of nitrogens with one attached hydrogen (secondary N) is 1. The molecule has 1 aliphatic heterocycles. The van der Waals surface area contributed by atoms with Crippen LogP contribution in [-0.2, 0) is 4.79 Å². The van der Waals surface area contributed by atoms with Crippen molar-refractivity contribution in [3.63, 3.8) is 0 Å². The lowest BCUT2D eigenvalue weighted by molar-refractivity contribution is -0.127. The van der Waals surface area contributed by atoms with Gasteiger partial charge in [-0.2, -0.15) is 5.10 Å². The monoisotopic (exact) mass is 406 g/mol. The van der Waals surface area contributed by atoms with Crippen LogP contribution in [0.2, 0.25) is 0 Å². The van der Waals surface area contributed by atoms with Gasteiger partial charge in [0.25, 0.3) is 5.91 Å². The molecule has 1 saturated heterocycles. The first-order chi connectivity index (χ1) is 14.4. The first-order valence-electron chi connectivity index (χ1n) is 9.83. The molecule has 7 heteroatoms. The van der Waals surface area contributed by atoms with Crippen molar-refractivity contribution < 1.29 is 14.0 Å². The molecule has 0 spiro atoms. The van der Waals surface area contributed by atoms with Crippen LogP contribution in [0.1, 0.15) is 33.9 Å². The van der Waals surface area contributed by atoms with Gasteiger partial charge in [0.05, 0.1) is 17.9 Å². The number of aromatic nitrogens is 2. The van der Waals surface area contributed by atoms with Crippen molar-refractivity contribution in [1.29, 1.82) is 0 Å². The fraction of sp³-hybridized carbons (Fsp3) is 0.261. The highest BCUT2D eigenvalue weighted by atomic mass is 19.1. The van der Waals surface area contributed by atoms with Gasteiger partial charge in [-0.05, 0) is 43.3 Å². The molecule has 0 saturated carbocycles. The molecule has 3 aromatic rings. The standard InChI is InChI=1S/C23H23FN4O2/c1-15-4-3-5-16(10-15)23(30)25-12-17-11-21(29)27(2)22(17)18-13-26-28(14-18)20-8-6-19(24)7-9-20/h3-10,13-14,17,22H,11-12H2,1-2H3,(H,25,30)/t17-,22+/m0/s1. The number of hydrogen-bond acceptors (Lipinski definition) is 3. The molecule has 4 rings (SSSR count). The van der Waals surface area contributed by atoms with Crippen LogP contribution in [0, 0.1) is 18.7 Å². The second-order valence-electron chi connectivity index (χ2n) is 7.69. The number of halogens is 1. The highest BCUT2D eigenvalue weighted by Gasteiger charge is 2.39. The summed E-state index contributed by atoms with van der Waals surface area (Å²) < 4.78 is 14.8. The Kier molecular flexibility index (Phi) is 5.35. The summed E-state index contributed by atoms with van der Waals surface area (Å²) in [5.74, 6) is -0.496. The summed E-state index contributed by atoms with van der Waals surface area (Å²) in [6, 6.07) is 13.3. The largest absolute Gasteiger partial charge is 0.352 e. The van der Waals surface area contributed by atoms with E-state index in [1.165, 1.54) is 12.1 Å². The van der Waals surface area contributed by atoms with E-state index < -0.39 is 0 Å². The Balaban J connectivity index is 1.50. The zero-order valence-electron chi connectivity index (χ0n) is 16.9. The third kappa shape index (κ3) is 3.96. The maximum atomic E-state index is 13.2. The molecule has 2 atom stereocenters. The molecule has 30 heavy (non-hydrogen) atoms. The van der Waals surface area contributed by atoms with Crippen molar-refractivity contribution in [2.45, 2.75) is 19.4 Å². The Morgan fingerprint density at radius 2 is 2.00 bits per heavy atom. The van der Waals surface area contributed by atoms with Gasteiger partial charge in [0.1, 0.15) is 5.82 Å². The molecular weight excluding hydrogens is 383 g/mol. The molecule has 0 aliphatic carbocycles. The van der Waals surface area contributed by atoms with Crippen molar-refractivity contribution >= 4 is 11.8 Å². The first-order valence-corrected chi connectivity index (χ1v) is 9.83. The SMILES string of the molecule is Cc1cccc(C(=O)NC[C@@H]2CC(=O)N(C)[C@H]2c2cnn(-c3ccc(F)cc3)c2)c1. The number of likely N-dealkylation sites (tertiary alicyclic amines) is 1. The van der Waals surface area contributed by atoms with Crippen molar-refractivity contribution in [2.24, 2.45) is 5.92 Å². The van der Waals surface area contributed by atoms with Crippen LogP contribution in [0.5, 0.6) is 0 Å². The zero-order chi connectivity index (χ0) is 21.3. The van der Waals surface area contributed by atoms with E-state index in [2.05, 4.69) is 10.4 Å². The Hall–Kier alpha value is -3.48. The van der Waals surface area contributed by atoms with Gasteiger partial charge in [0.2, 0.25) is 5.91 Å². The van der Waals surface area contributed by atoms with E-state index in [4.69, 9.17) is 0 Å². The zero-order valence-corrected chi connectivity index (χ0v) is 16.9. The predicted molar refractivity (Wildman–Crippen MR) is 111 cm³/mol. The molecule has 154 valence electrons. The molecule has 6 nitrogen and oxygen atoms in total. The van der Waals surface area contributed by atoms with Crippen molar-refractivity contribution in [3.8, 4) is 5.69 Å². The van der Waals surface area contributed by atoms with Gasteiger partial charge in [-0.3, -0.25) is 9.59 Å². The lowest BCUT2D eigenvalue weighted by Crippen LogP contribution is -2.32. The van der Waals surface area contributed by atoms with Crippen LogP contribution < -0.4 is 5.32 Å². The average Bonchev–Trinajstić information content (AvgIpc) is 3.31. The maximum absolute atomic E-state index is 13.2. The highest BCUT2D eigenvalue weighted by molar-refractivity contribution is 5.94. The predicted octanol–water partition coefficient (Wildman–Crippen LogP) is 3.27. The van der Waals surface area contributed by atoms with Gasteiger partial charge in [-0.15, -0.1) is 0 Å². The molecule has 0 bridgehead atoms. The third-order valence-corrected chi connectivity index (χ3v) is 5.53. The van der Waals surface area contributed by atoms with E-state index in [1.54, 1.807) is 41.0 Å². The number of rotatable bonds is 5. The van der Waals surface area contributed by atoms with Gasteiger partial charge in [-0.1, -0.05) is 17.7 Å². The van der Waals surface area contributed by atoms with Crippen LogP contribution in [0.15, 0.2) is 60.9 Å². The smallest absolute Gasteiger partial charge is 0.251 e. The first kappa shape index (κ1) is 19.8. The molecule has 0 radical (unpaired) electrons. The molecule has 1 aliphatic rings. The number of aryl methyl sites for hydroxylation is 1. The Labute approximate surface area is 174 Å². The normalized spacial score (nSPS) is 18.6. The van der Waals surface area contributed by atoms with Crippen molar-refractivity contribution in [2.75, 3.05) is 13.6 Å². The average molecular weight is 406 g/mol. The van der Waals surface area contributed by atoms with E-state index in [-0.39, 0.29) is 29.6 Å². The summed E-state index contributed by atoms with van der Waals surface area (Å²) in [4.78, 5) is 26.6. The molecule has 2 aromatic carbocycles. The third-order valence-electron chi connectivity index (χ3n) is 5.53. The number of carbonyl (C=O) groups excluding carboxylic acids is 2. The van der Waals surface area contributed by atoms with Gasteiger partial charge >= 0.3 is 0 Å². The van der Waals surface area contributed by atoms with E-state index in [1.807, 2.05) is 31.3 Å². The second kappa shape index (κ2) is 8.10. The van der Waals surface area contributed by atoms with E-state index in [0.29, 0.717) is 18.5 Å². The molecule has 1 fully saturated rings. The lowest BCUT2D eigenvalue weighted by Gasteiger charge is -2.24. The molecule has 1 aromatic heterocycles. The van der Waals surface area contributed by atoms with Crippen LogP contribution >= 0.6 is 0 Å². The van der Waals surface area contributed by atoms with Crippen LogP contribution in [-0.4, -0.2) is 40.1 Å². The summed E-state index contributed by atoms with van der Waals surface area (Å²) in [6.07, 6.45) is 3.93. The minimum atomic E-state index is -0.309. The van der Waals surface area contributed by atoms with Crippen LogP contribution in [0.3, 0.4) is 0 Å². The topological polar surface area (TPSA) is 67.2 Å². The van der Waals surface area contributed by atoms with Gasteiger partial charge in [0, 0.05) is 43.3 Å². The Morgan fingerprint density at radius 1 is 1.23 bits per heavy atom. The molecular formula is C23H23FN4O2. The van der Waals surface area contributed by atoms with Crippen molar-refractivity contribution in [3.05, 3.63) is 83.4 Å². The lowest BCUT2D eigenvalue weighted by atomic mass is 9.95. The quantitative estimate of drug-likeness (QED) is 0.707. The van der Waals surface area contributed by atoms with E-state index in [9.17, 15) is 14.0 Å². The summed E-state index contributed by atoms with van der Waals surface area (Å²) >= 11 is 0. The van der Waals surface area contributed by atoms with E-state index >= 15 is 0 Å². The maximum Gasteiger partial charge on any atom is 0.251 e. The number of benzene rings is 2. The Bertz CT molecular complexity index is 1080. The fourth-order valence-electron chi connectivity index (χ4n) is 3.97. The minimum Gasteiger partial charge on any atom is -0.352 e. The number of nitrogens with zero attached hydrogens (tertiary/aromatic N) is 3. The fourth-order valence-corrected chi connectivity index (χ4v) is 3.97. The summed E-state index contributed by atoms with van der Waals surface area (Å²) in [6.45, 7) is 2.32. The second-order valence-corrected chi connectivity index (χ2v) is 7.69. The molecule has 1 N–H and O–H groups in total. The molecule has 2 amide bonds. The van der Waals surface area contributed by atoms with Gasteiger partial charge in [0.15, 0.2) is 0 Å². The van der Waals surface area contributed by atoms with Crippen molar-refractivity contribution in [1.82, 2.24) is 20.0 Å². The number of amides is 2. The minimum absolute atomic E-state index is 0.0318.